The first-order valence-corrected chi connectivity index (χ1v) is 11.0. The Labute approximate surface area is 195 Å². The number of carbonyl (C=O) groups excluding carboxylic acids is 1. The predicted octanol–water partition coefficient (Wildman–Crippen LogP) is 4.66. The fourth-order valence-electron chi connectivity index (χ4n) is 4.40. The van der Waals surface area contributed by atoms with Gasteiger partial charge in [-0.15, -0.1) is 0 Å². The molecule has 0 radical (unpaired) electrons. The molecule has 0 saturated heterocycles. The Bertz CT molecular complexity index is 1500. The third-order valence-corrected chi connectivity index (χ3v) is 6.06. The lowest BCUT2D eigenvalue weighted by Gasteiger charge is -2.17. The first-order chi connectivity index (χ1) is 16.6. The molecule has 5 aromatic rings. The molecule has 0 aliphatic carbocycles. The van der Waals surface area contributed by atoms with Crippen molar-refractivity contribution in [2.75, 3.05) is 0 Å². The van der Waals surface area contributed by atoms with E-state index in [-0.39, 0.29) is 11.7 Å². The molecule has 0 atom stereocenters. The molecule has 6 rings (SSSR count). The summed E-state index contributed by atoms with van der Waals surface area (Å²) in [4.78, 5) is 15.0. The number of aromatic nitrogens is 5. The van der Waals surface area contributed by atoms with Gasteiger partial charge in [-0.1, -0.05) is 12.1 Å². The molecule has 3 aromatic heterocycles. The van der Waals surface area contributed by atoms with Gasteiger partial charge in [0.2, 0.25) is 0 Å². The Morgan fingerprint density at radius 1 is 1.00 bits per heavy atom. The summed E-state index contributed by atoms with van der Waals surface area (Å²) >= 11 is 0. The highest BCUT2D eigenvalue weighted by Crippen LogP contribution is 2.31. The van der Waals surface area contributed by atoms with Gasteiger partial charge in [-0.2, -0.15) is 10.2 Å². The van der Waals surface area contributed by atoms with Crippen LogP contribution in [-0.4, -0.2) is 35.4 Å². The van der Waals surface area contributed by atoms with Crippen molar-refractivity contribution in [1.29, 1.82) is 0 Å². The van der Waals surface area contributed by atoms with E-state index in [1.54, 1.807) is 23.1 Å². The lowest BCUT2D eigenvalue weighted by Crippen LogP contribution is -2.26. The van der Waals surface area contributed by atoms with E-state index in [4.69, 9.17) is 5.10 Å². The number of hydrogen-bond donors (Lipinski definition) is 1. The average molecular weight is 452 g/mol. The number of nitrogens with zero attached hydrogens (tertiary/aromatic N) is 5. The molecule has 0 fully saturated rings. The normalized spacial score (nSPS) is 12.8. The van der Waals surface area contributed by atoms with Crippen LogP contribution < -0.4 is 0 Å². The highest BCUT2D eigenvalue weighted by Gasteiger charge is 2.32. The number of nitrogens with one attached hydrogen (secondary N) is 1. The van der Waals surface area contributed by atoms with Gasteiger partial charge in [-0.25, -0.2) is 9.07 Å². The summed E-state index contributed by atoms with van der Waals surface area (Å²) < 4.78 is 17.2. The molecule has 0 bridgehead atoms. The van der Waals surface area contributed by atoms with Gasteiger partial charge in [0.1, 0.15) is 17.3 Å². The van der Waals surface area contributed by atoms with E-state index >= 15 is 0 Å². The first-order valence-electron chi connectivity index (χ1n) is 11.0. The third kappa shape index (κ3) is 3.40. The summed E-state index contributed by atoms with van der Waals surface area (Å²) in [5.41, 5.74) is 5.75. The monoisotopic (exact) mass is 452 g/mol. The number of rotatable bonds is 4. The van der Waals surface area contributed by atoms with Crippen LogP contribution in [-0.2, 0) is 13.1 Å². The number of aryl methyl sites for hydroxylation is 1. The SMILES string of the molecule is Cc1cccc(-n2nc3c(c2-n2cccc2)CN(C(=O)c2cc(-c4ccc(F)cc4)n[nH]2)C3)c1. The Morgan fingerprint density at radius 3 is 2.56 bits per heavy atom. The molecule has 168 valence electrons. The highest BCUT2D eigenvalue weighted by molar-refractivity contribution is 5.93. The van der Waals surface area contributed by atoms with E-state index in [0.29, 0.717) is 24.5 Å². The molecule has 34 heavy (non-hydrogen) atoms. The molecular formula is C26H21FN6O. The fraction of sp³-hybridized carbons (Fsp3) is 0.115. The molecule has 1 aliphatic heterocycles. The van der Waals surface area contributed by atoms with Crippen LogP contribution in [0.5, 0.6) is 0 Å². The zero-order valence-electron chi connectivity index (χ0n) is 18.4. The summed E-state index contributed by atoms with van der Waals surface area (Å²) in [6, 6.07) is 19.9. The van der Waals surface area contributed by atoms with Crippen LogP contribution in [0.1, 0.15) is 27.3 Å². The summed E-state index contributed by atoms with van der Waals surface area (Å²) in [5.74, 6) is 0.461. The van der Waals surface area contributed by atoms with Crippen LogP contribution in [0.4, 0.5) is 4.39 Å². The molecule has 8 heteroatoms. The van der Waals surface area contributed by atoms with Crippen molar-refractivity contribution < 1.29 is 9.18 Å². The van der Waals surface area contributed by atoms with Crippen molar-refractivity contribution in [3.63, 3.8) is 0 Å². The molecule has 7 nitrogen and oxygen atoms in total. The smallest absolute Gasteiger partial charge is 0.272 e. The van der Waals surface area contributed by atoms with E-state index in [9.17, 15) is 9.18 Å². The number of hydrogen-bond acceptors (Lipinski definition) is 3. The van der Waals surface area contributed by atoms with Gasteiger partial charge in [0.15, 0.2) is 0 Å². The fourth-order valence-corrected chi connectivity index (χ4v) is 4.40. The van der Waals surface area contributed by atoms with Crippen LogP contribution in [0, 0.1) is 12.7 Å². The Balaban J connectivity index is 1.31. The van der Waals surface area contributed by atoms with Gasteiger partial charge in [0.05, 0.1) is 30.2 Å². The van der Waals surface area contributed by atoms with Gasteiger partial charge >= 0.3 is 0 Å². The van der Waals surface area contributed by atoms with Crippen LogP contribution in [0.2, 0.25) is 0 Å². The van der Waals surface area contributed by atoms with E-state index in [1.807, 2.05) is 45.9 Å². The second-order valence-corrected chi connectivity index (χ2v) is 8.42. The maximum absolute atomic E-state index is 13.3. The number of fused-ring (bicyclic) bond motifs is 1. The van der Waals surface area contributed by atoms with Crippen molar-refractivity contribution in [3.05, 3.63) is 107 Å². The number of carbonyl (C=O) groups is 1. The van der Waals surface area contributed by atoms with Crippen LogP contribution >= 0.6 is 0 Å². The minimum absolute atomic E-state index is 0.153. The minimum atomic E-state index is -0.313. The second-order valence-electron chi connectivity index (χ2n) is 8.42. The summed E-state index contributed by atoms with van der Waals surface area (Å²) in [5, 5.41) is 12.0. The van der Waals surface area contributed by atoms with Crippen molar-refractivity contribution >= 4 is 5.91 Å². The molecule has 1 N–H and O–H groups in total. The number of H-pyrrole nitrogens is 1. The lowest BCUT2D eigenvalue weighted by atomic mass is 10.1. The van der Waals surface area contributed by atoms with Crippen molar-refractivity contribution in [3.8, 4) is 22.8 Å². The van der Waals surface area contributed by atoms with Gasteiger partial charge in [0, 0.05) is 23.5 Å². The van der Waals surface area contributed by atoms with Crippen molar-refractivity contribution in [1.82, 2.24) is 29.4 Å². The molecular weight excluding hydrogens is 431 g/mol. The quantitative estimate of drug-likeness (QED) is 0.431. The van der Waals surface area contributed by atoms with Crippen molar-refractivity contribution in [2.24, 2.45) is 0 Å². The van der Waals surface area contributed by atoms with E-state index in [0.717, 1.165) is 33.9 Å². The number of amides is 1. The zero-order valence-corrected chi connectivity index (χ0v) is 18.4. The molecule has 4 heterocycles. The number of benzene rings is 2. The van der Waals surface area contributed by atoms with Crippen LogP contribution in [0.15, 0.2) is 79.1 Å². The van der Waals surface area contributed by atoms with E-state index in [2.05, 4.69) is 29.3 Å². The predicted molar refractivity (Wildman–Crippen MR) is 125 cm³/mol. The second kappa shape index (κ2) is 7.84. The van der Waals surface area contributed by atoms with Gasteiger partial charge < -0.3 is 9.47 Å². The standard InChI is InChI=1S/C26H21FN6O/c1-17-5-4-6-20(13-17)33-25(31-11-2-3-12-31)21-15-32(16-24(21)30-33)26(34)23-14-22(28-29-23)18-7-9-19(27)10-8-18/h2-14H,15-16H2,1H3,(H,28,29). The first kappa shape index (κ1) is 20.2. The molecule has 0 saturated carbocycles. The van der Waals surface area contributed by atoms with Crippen molar-refractivity contribution in [2.45, 2.75) is 20.0 Å². The maximum atomic E-state index is 13.3. The largest absolute Gasteiger partial charge is 0.327 e. The Kier molecular flexibility index (Phi) is 4.65. The lowest BCUT2D eigenvalue weighted by molar-refractivity contribution is 0.0743. The topological polar surface area (TPSA) is 71.7 Å². The summed E-state index contributed by atoms with van der Waals surface area (Å²) in [7, 11) is 0. The minimum Gasteiger partial charge on any atom is -0.327 e. The summed E-state index contributed by atoms with van der Waals surface area (Å²) in [6.45, 7) is 2.91. The highest BCUT2D eigenvalue weighted by atomic mass is 19.1. The molecule has 1 aliphatic rings. The van der Waals surface area contributed by atoms with Crippen LogP contribution in [0.3, 0.4) is 0 Å². The third-order valence-electron chi connectivity index (χ3n) is 6.06. The molecule has 0 unspecified atom stereocenters. The van der Waals surface area contributed by atoms with Gasteiger partial charge in [-0.3, -0.25) is 9.89 Å². The van der Waals surface area contributed by atoms with E-state index in [1.165, 1.54) is 12.1 Å². The number of aromatic amines is 1. The molecule has 1 amide bonds. The van der Waals surface area contributed by atoms with Gasteiger partial charge in [-0.05, 0) is 67.1 Å². The Hall–Kier alpha value is -4.46. The summed E-state index contributed by atoms with van der Waals surface area (Å²) in [6.07, 6.45) is 3.97. The van der Waals surface area contributed by atoms with E-state index < -0.39 is 0 Å². The van der Waals surface area contributed by atoms with Crippen LogP contribution in [0.25, 0.3) is 22.8 Å². The zero-order chi connectivity index (χ0) is 23.2. The molecule has 0 spiro atoms. The van der Waals surface area contributed by atoms with Gasteiger partial charge in [0.25, 0.3) is 5.91 Å². The average Bonchev–Trinajstić information content (AvgIpc) is 3.63. The molecule has 2 aromatic carbocycles. The maximum Gasteiger partial charge on any atom is 0.272 e. The number of halogens is 1. The Morgan fingerprint density at radius 2 is 1.79 bits per heavy atom.